The summed E-state index contributed by atoms with van der Waals surface area (Å²) in [5, 5.41) is 5.86. The van der Waals surface area contributed by atoms with Crippen LogP contribution in [0.3, 0.4) is 0 Å². The number of carbonyl (C=O) groups excluding carboxylic acids is 1. The van der Waals surface area contributed by atoms with E-state index in [1.54, 1.807) is 11.3 Å². The van der Waals surface area contributed by atoms with Crippen LogP contribution in [-0.4, -0.2) is 5.91 Å². The van der Waals surface area contributed by atoms with Crippen LogP contribution in [0.15, 0.2) is 52.3 Å². The number of hydrogen-bond acceptors (Lipinski definition) is 2. The van der Waals surface area contributed by atoms with Crippen LogP contribution in [-0.2, 0) is 0 Å². The molecule has 0 aliphatic rings. The van der Waals surface area contributed by atoms with E-state index in [9.17, 15) is 4.79 Å². The topological polar surface area (TPSA) is 29.1 Å². The number of fused-ring (bicyclic) bond motifs is 1. The van der Waals surface area contributed by atoms with Crippen molar-refractivity contribution >= 4 is 48.9 Å². The third-order valence-corrected chi connectivity index (χ3v) is 4.99. The maximum Gasteiger partial charge on any atom is 0.257 e. The molecule has 0 aliphatic heterocycles. The molecule has 3 aromatic rings. The van der Waals surface area contributed by atoms with Crippen molar-refractivity contribution < 1.29 is 4.79 Å². The molecule has 1 aromatic heterocycles. The molecule has 0 atom stereocenters. The van der Waals surface area contributed by atoms with Gasteiger partial charge in [-0.3, -0.25) is 4.79 Å². The molecule has 2 nitrogen and oxygen atoms in total. The van der Waals surface area contributed by atoms with Crippen LogP contribution in [0.25, 0.3) is 10.1 Å². The average molecular weight is 346 g/mol. The lowest BCUT2D eigenvalue weighted by Crippen LogP contribution is -2.11. The van der Waals surface area contributed by atoms with Gasteiger partial charge in [-0.05, 0) is 36.8 Å². The minimum absolute atomic E-state index is 0.0656. The zero-order valence-electron chi connectivity index (χ0n) is 10.8. The van der Waals surface area contributed by atoms with Gasteiger partial charge in [-0.2, -0.15) is 0 Å². The Bertz CT molecular complexity index is 794. The molecule has 0 saturated carbocycles. The number of amides is 1. The van der Waals surface area contributed by atoms with Gasteiger partial charge in [0.2, 0.25) is 0 Å². The van der Waals surface area contributed by atoms with Crippen LogP contribution in [0.4, 0.5) is 5.69 Å². The Morgan fingerprint density at radius 1 is 1.20 bits per heavy atom. The fourth-order valence-corrected chi connectivity index (χ4v) is 3.26. The molecule has 1 amide bonds. The maximum atomic E-state index is 12.4. The van der Waals surface area contributed by atoms with Crippen LogP contribution in [0.2, 0.25) is 0 Å². The van der Waals surface area contributed by atoms with Gasteiger partial charge in [-0.25, -0.2) is 0 Å². The number of anilines is 1. The first kappa shape index (κ1) is 13.3. The van der Waals surface area contributed by atoms with Crippen molar-refractivity contribution in [2.24, 2.45) is 0 Å². The third-order valence-electron chi connectivity index (χ3n) is 3.14. The molecule has 0 saturated heterocycles. The van der Waals surface area contributed by atoms with Crippen LogP contribution < -0.4 is 5.32 Å². The van der Waals surface area contributed by atoms with Crippen molar-refractivity contribution in [3.05, 3.63) is 63.4 Å². The molecule has 3 rings (SSSR count). The summed E-state index contributed by atoms with van der Waals surface area (Å²) in [5.41, 5.74) is 2.63. The molecule has 0 aliphatic carbocycles. The largest absolute Gasteiger partial charge is 0.322 e. The average Bonchev–Trinajstić information content (AvgIpc) is 2.87. The minimum atomic E-state index is -0.0656. The van der Waals surface area contributed by atoms with E-state index in [-0.39, 0.29) is 5.91 Å². The van der Waals surface area contributed by atoms with E-state index in [1.165, 1.54) is 0 Å². The summed E-state index contributed by atoms with van der Waals surface area (Å²) >= 11 is 5.05. The Morgan fingerprint density at radius 2 is 2.00 bits per heavy atom. The van der Waals surface area contributed by atoms with E-state index in [0.717, 1.165) is 31.4 Å². The quantitative estimate of drug-likeness (QED) is 0.677. The zero-order valence-corrected chi connectivity index (χ0v) is 13.2. The van der Waals surface area contributed by atoms with Gasteiger partial charge in [0.15, 0.2) is 0 Å². The van der Waals surface area contributed by atoms with Gasteiger partial charge in [0.25, 0.3) is 5.91 Å². The third kappa shape index (κ3) is 2.49. The Morgan fingerprint density at radius 3 is 2.80 bits per heavy atom. The molecule has 0 radical (unpaired) electrons. The van der Waals surface area contributed by atoms with Crippen LogP contribution in [0.5, 0.6) is 0 Å². The summed E-state index contributed by atoms with van der Waals surface area (Å²) in [7, 11) is 0. The van der Waals surface area contributed by atoms with Gasteiger partial charge >= 0.3 is 0 Å². The Hall–Kier alpha value is -1.65. The molecule has 0 spiro atoms. The second-order valence-electron chi connectivity index (χ2n) is 4.56. The Kier molecular flexibility index (Phi) is 3.59. The summed E-state index contributed by atoms with van der Waals surface area (Å²) in [4.78, 5) is 12.4. The maximum absolute atomic E-state index is 12.4. The summed E-state index contributed by atoms with van der Waals surface area (Å²) in [5.74, 6) is -0.0656. The number of rotatable bonds is 2. The number of aryl methyl sites for hydroxylation is 1. The molecule has 0 fully saturated rings. The molecule has 0 unspecified atom stereocenters. The number of thiophene rings is 1. The molecule has 4 heteroatoms. The van der Waals surface area contributed by atoms with Gasteiger partial charge < -0.3 is 5.32 Å². The van der Waals surface area contributed by atoms with Crippen molar-refractivity contribution in [2.45, 2.75) is 6.92 Å². The highest BCUT2D eigenvalue weighted by Gasteiger charge is 2.12. The predicted molar refractivity (Wildman–Crippen MR) is 88.7 cm³/mol. The van der Waals surface area contributed by atoms with Crippen molar-refractivity contribution in [1.82, 2.24) is 0 Å². The highest BCUT2D eigenvalue weighted by atomic mass is 79.9. The molecular weight excluding hydrogens is 334 g/mol. The van der Waals surface area contributed by atoms with E-state index < -0.39 is 0 Å². The first-order valence-electron chi connectivity index (χ1n) is 6.19. The van der Waals surface area contributed by atoms with E-state index in [1.807, 2.05) is 54.8 Å². The second-order valence-corrected chi connectivity index (χ2v) is 6.33. The zero-order chi connectivity index (χ0) is 14.1. The normalized spacial score (nSPS) is 10.7. The minimum Gasteiger partial charge on any atom is -0.322 e. The van der Waals surface area contributed by atoms with Crippen molar-refractivity contribution in [1.29, 1.82) is 0 Å². The standard InChI is InChI=1S/C16H12BrNOS/c1-10-8-11(6-7-14(10)17)18-16(19)13-9-20-15-5-3-2-4-12(13)15/h2-9H,1H3,(H,18,19). The van der Waals surface area contributed by atoms with Crippen LogP contribution in [0, 0.1) is 6.92 Å². The highest BCUT2D eigenvalue weighted by molar-refractivity contribution is 9.10. The monoisotopic (exact) mass is 345 g/mol. The van der Waals surface area contributed by atoms with Crippen molar-refractivity contribution in [2.75, 3.05) is 5.32 Å². The Labute approximate surface area is 129 Å². The number of halogens is 1. The highest BCUT2D eigenvalue weighted by Crippen LogP contribution is 2.27. The molecule has 0 bridgehead atoms. The van der Waals surface area contributed by atoms with Crippen molar-refractivity contribution in [3.8, 4) is 0 Å². The molecule has 100 valence electrons. The van der Waals surface area contributed by atoms with E-state index in [4.69, 9.17) is 0 Å². The second kappa shape index (κ2) is 5.38. The van der Waals surface area contributed by atoms with Gasteiger partial charge in [0.05, 0.1) is 5.56 Å². The SMILES string of the molecule is Cc1cc(NC(=O)c2csc3ccccc23)ccc1Br. The predicted octanol–water partition coefficient (Wildman–Crippen LogP) is 5.22. The summed E-state index contributed by atoms with van der Waals surface area (Å²) < 4.78 is 2.17. The van der Waals surface area contributed by atoms with Crippen LogP contribution >= 0.6 is 27.3 Å². The van der Waals surface area contributed by atoms with Crippen LogP contribution in [0.1, 0.15) is 15.9 Å². The Balaban J connectivity index is 1.91. The van der Waals surface area contributed by atoms with E-state index in [2.05, 4.69) is 21.2 Å². The summed E-state index contributed by atoms with van der Waals surface area (Å²) in [6, 6.07) is 13.7. The fourth-order valence-electron chi connectivity index (χ4n) is 2.07. The molecule has 2 aromatic carbocycles. The van der Waals surface area contributed by atoms with Gasteiger partial charge in [0, 0.05) is 25.6 Å². The van der Waals surface area contributed by atoms with Gasteiger partial charge in [-0.1, -0.05) is 34.1 Å². The summed E-state index contributed by atoms with van der Waals surface area (Å²) in [6.45, 7) is 2.00. The van der Waals surface area contributed by atoms with Crippen molar-refractivity contribution in [3.63, 3.8) is 0 Å². The lowest BCUT2D eigenvalue weighted by molar-refractivity contribution is 0.102. The number of nitrogens with one attached hydrogen (secondary N) is 1. The summed E-state index contributed by atoms with van der Waals surface area (Å²) in [6.07, 6.45) is 0. The van der Waals surface area contributed by atoms with Gasteiger partial charge in [-0.15, -0.1) is 11.3 Å². The number of hydrogen-bond donors (Lipinski definition) is 1. The van der Waals surface area contributed by atoms with E-state index in [0.29, 0.717) is 0 Å². The molecule has 1 heterocycles. The van der Waals surface area contributed by atoms with Gasteiger partial charge in [0.1, 0.15) is 0 Å². The lowest BCUT2D eigenvalue weighted by atomic mass is 10.1. The fraction of sp³-hybridized carbons (Fsp3) is 0.0625. The van der Waals surface area contributed by atoms with E-state index >= 15 is 0 Å². The first-order chi connectivity index (χ1) is 9.65. The lowest BCUT2D eigenvalue weighted by Gasteiger charge is -2.06. The molecule has 1 N–H and O–H groups in total. The number of carbonyl (C=O) groups is 1. The molecular formula is C16H12BrNOS. The molecule has 20 heavy (non-hydrogen) atoms. The first-order valence-corrected chi connectivity index (χ1v) is 7.86. The smallest absolute Gasteiger partial charge is 0.257 e. The number of benzene rings is 2.